The van der Waals surface area contributed by atoms with E-state index in [1.54, 1.807) is 0 Å². The molecule has 1 rings (SSSR count). The molecule has 0 saturated carbocycles. The number of hydrogen-bond donors (Lipinski definition) is 0. The van der Waals surface area contributed by atoms with Gasteiger partial charge < -0.3 is 9.47 Å². The fourth-order valence-electron chi connectivity index (χ4n) is 0.891. The molecule has 13 heavy (non-hydrogen) atoms. The second kappa shape index (κ2) is 14.0. The zero-order chi connectivity index (χ0) is 10.5. The summed E-state index contributed by atoms with van der Waals surface area (Å²) >= 11 is 0. The third kappa shape index (κ3) is 9.34. The Morgan fingerprint density at radius 2 is 1.62 bits per heavy atom. The summed E-state index contributed by atoms with van der Waals surface area (Å²) in [7, 11) is 0. The molecule has 80 valence electrons. The predicted molar refractivity (Wildman–Crippen MR) is 53.7 cm³/mol. The van der Waals surface area contributed by atoms with Crippen LogP contribution in [0.1, 0.15) is 40.5 Å². The van der Waals surface area contributed by atoms with Crippen molar-refractivity contribution in [3.8, 4) is 0 Å². The van der Waals surface area contributed by atoms with Gasteiger partial charge in [-0.05, 0) is 0 Å². The van der Waals surface area contributed by atoms with Crippen LogP contribution in [0.4, 0.5) is 0 Å². The molecule has 1 saturated heterocycles. The number of carbonyl (C=O) groups is 1. The van der Waals surface area contributed by atoms with Gasteiger partial charge in [-0.3, -0.25) is 4.79 Å². The molecule has 0 radical (unpaired) electrons. The van der Waals surface area contributed by atoms with E-state index in [-0.39, 0.29) is 6.10 Å². The first-order valence-corrected chi connectivity index (χ1v) is 5.10. The highest BCUT2D eigenvalue weighted by molar-refractivity contribution is 5.37. The van der Waals surface area contributed by atoms with Crippen LogP contribution in [0, 0.1) is 0 Å². The molecule has 0 atom stereocenters. The number of ether oxygens (including phenoxy) is 2. The first kappa shape index (κ1) is 14.9. The quantitative estimate of drug-likeness (QED) is 0.627. The smallest absolute Gasteiger partial charge is 0.293 e. The molecule has 0 spiro atoms. The van der Waals surface area contributed by atoms with Crippen molar-refractivity contribution in [2.75, 3.05) is 13.2 Å². The van der Waals surface area contributed by atoms with E-state index in [4.69, 9.17) is 9.47 Å². The molecule has 1 fully saturated rings. The molecule has 1 aliphatic rings. The Kier molecular flexibility index (Phi) is 16.1. The van der Waals surface area contributed by atoms with Gasteiger partial charge in [0.25, 0.3) is 6.47 Å². The maximum absolute atomic E-state index is 9.81. The molecule has 0 aliphatic carbocycles. The average Bonchev–Trinajstić information content (AvgIpc) is 2.26. The van der Waals surface area contributed by atoms with Gasteiger partial charge in [0.15, 0.2) is 0 Å². The van der Waals surface area contributed by atoms with Crippen LogP contribution in [-0.2, 0) is 14.3 Å². The molecule has 0 unspecified atom stereocenters. The van der Waals surface area contributed by atoms with Crippen molar-refractivity contribution >= 4 is 6.47 Å². The van der Waals surface area contributed by atoms with Crippen LogP contribution in [0.5, 0.6) is 0 Å². The van der Waals surface area contributed by atoms with E-state index in [1.165, 1.54) is 0 Å². The van der Waals surface area contributed by atoms with Gasteiger partial charge in [-0.1, -0.05) is 27.7 Å². The Balaban J connectivity index is 0. The summed E-state index contributed by atoms with van der Waals surface area (Å²) in [6, 6.07) is 0. The van der Waals surface area contributed by atoms with E-state index in [0.717, 1.165) is 26.1 Å². The van der Waals surface area contributed by atoms with Crippen molar-refractivity contribution in [1.82, 2.24) is 0 Å². The van der Waals surface area contributed by atoms with Gasteiger partial charge in [-0.15, -0.1) is 0 Å². The van der Waals surface area contributed by atoms with Gasteiger partial charge >= 0.3 is 0 Å². The number of hydrogen-bond acceptors (Lipinski definition) is 3. The van der Waals surface area contributed by atoms with Gasteiger partial charge in [-0.2, -0.15) is 0 Å². The summed E-state index contributed by atoms with van der Waals surface area (Å²) in [6.07, 6.45) is 1.80. The van der Waals surface area contributed by atoms with Crippen molar-refractivity contribution in [3.05, 3.63) is 0 Å². The van der Waals surface area contributed by atoms with Crippen LogP contribution in [0.15, 0.2) is 0 Å². The van der Waals surface area contributed by atoms with Crippen molar-refractivity contribution in [2.24, 2.45) is 0 Å². The molecule has 0 aromatic rings. The minimum Gasteiger partial charge on any atom is -0.464 e. The summed E-state index contributed by atoms with van der Waals surface area (Å²) in [5, 5.41) is 0. The van der Waals surface area contributed by atoms with Gasteiger partial charge in [0.05, 0.1) is 13.2 Å². The van der Waals surface area contributed by atoms with Gasteiger partial charge in [0.2, 0.25) is 0 Å². The summed E-state index contributed by atoms with van der Waals surface area (Å²) in [4.78, 5) is 9.81. The molecule has 0 aromatic carbocycles. The van der Waals surface area contributed by atoms with E-state index in [1.807, 2.05) is 27.7 Å². The monoisotopic (exact) mass is 190 g/mol. The van der Waals surface area contributed by atoms with E-state index in [2.05, 4.69) is 0 Å². The maximum Gasteiger partial charge on any atom is 0.293 e. The molecule has 1 aliphatic heterocycles. The SMILES string of the molecule is CC.CC.O=COC1CCOCC1. The molecule has 1 heterocycles. The minimum absolute atomic E-state index is 0.108. The van der Waals surface area contributed by atoms with Crippen molar-refractivity contribution < 1.29 is 14.3 Å². The lowest BCUT2D eigenvalue weighted by molar-refractivity contribution is -0.137. The van der Waals surface area contributed by atoms with E-state index in [9.17, 15) is 4.79 Å². The third-order valence-corrected chi connectivity index (χ3v) is 1.42. The highest BCUT2D eigenvalue weighted by Crippen LogP contribution is 2.08. The Hall–Kier alpha value is -0.570. The van der Waals surface area contributed by atoms with E-state index >= 15 is 0 Å². The Labute approximate surface area is 81.4 Å². The molecule has 0 N–H and O–H groups in total. The second-order valence-corrected chi connectivity index (χ2v) is 2.04. The molecule has 0 aromatic heterocycles. The van der Waals surface area contributed by atoms with Crippen LogP contribution < -0.4 is 0 Å². The lowest BCUT2D eigenvalue weighted by Gasteiger charge is -2.19. The highest BCUT2D eigenvalue weighted by atomic mass is 16.5. The second-order valence-electron chi connectivity index (χ2n) is 2.04. The molecule has 0 amide bonds. The average molecular weight is 190 g/mol. The minimum atomic E-state index is 0.108. The molecule has 0 bridgehead atoms. The standard InChI is InChI=1S/C6H10O3.2C2H6/c7-5-9-6-1-3-8-4-2-6;2*1-2/h5-6H,1-4H2;2*1-2H3. The van der Waals surface area contributed by atoms with Crippen LogP contribution >= 0.6 is 0 Å². The van der Waals surface area contributed by atoms with Crippen LogP contribution in [0.25, 0.3) is 0 Å². The number of rotatable bonds is 2. The van der Waals surface area contributed by atoms with Crippen LogP contribution in [-0.4, -0.2) is 25.8 Å². The van der Waals surface area contributed by atoms with Gasteiger partial charge in [0.1, 0.15) is 6.10 Å². The summed E-state index contributed by atoms with van der Waals surface area (Å²) in [5.41, 5.74) is 0. The van der Waals surface area contributed by atoms with Crippen molar-refractivity contribution in [3.63, 3.8) is 0 Å². The fourth-order valence-corrected chi connectivity index (χ4v) is 0.891. The Bertz CT molecular complexity index is 88.2. The molecule has 3 heteroatoms. The summed E-state index contributed by atoms with van der Waals surface area (Å²) in [6.45, 7) is 9.95. The largest absolute Gasteiger partial charge is 0.464 e. The Morgan fingerprint density at radius 3 is 2.00 bits per heavy atom. The molecular weight excluding hydrogens is 168 g/mol. The van der Waals surface area contributed by atoms with E-state index in [0.29, 0.717) is 6.47 Å². The van der Waals surface area contributed by atoms with E-state index < -0.39 is 0 Å². The van der Waals surface area contributed by atoms with Crippen LogP contribution in [0.2, 0.25) is 0 Å². The molecular formula is C10H22O3. The zero-order valence-electron chi connectivity index (χ0n) is 9.21. The third-order valence-electron chi connectivity index (χ3n) is 1.42. The van der Waals surface area contributed by atoms with Gasteiger partial charge in [-0.25, -0.2) is 0 Å². The zero-order valence-corrected chi connectivity index (χ0v) is 9.21. The predicted octanol–water partition coefficient (Wildman–Crippen LogP) is 2.39. The van der Waals surface area contributed by atoms with Crippen LogP contribution in [0.3, 0.4) is 0 Å². The first-order chi connectivity index (χ1) is 6.43. The Morgan fingerprint density at radius 1 is 1.15 bits per heavy atom. The first-order valence-electron chi connectivity index (χ1n) is 5.10. The summed E-state index contributed by atoms with van der Waals surface area (Å²) < 4.78 is 9.77. The van der Waals surface area contributed by atoms with Crippen molar-refractivity contribution in [2.45, 2.75) is 46.6 Å². The topological polar surface area (TPSA) is 35.5 Å². The maximum atomic E-state index is 9.81. The fraction of sp³-hybridized carbons (Fsp3) is 0.900. The normalized spacial score (nSPS) is 15.7. The lowest BCUT2D eigenvalue weighted by atomic mass is 10.2. The molecule has 3 nitrogen and oxygen atoms in total. The summed E-state index contributed by atoms with van der Waals surface area (Å²) in [5.74, 6) is 0. The highest BCUT2D eigenvalue weighted by Gasteiger charge is 2.13. The number of carbonyl (C=O) groups excluding carboxylic acids is 1. The lowest BCUT2D eigenvalue weighted by Crippen LogP contribution is -2.22. The van der Waals surface area contributed by atoms with Gasteiger partial charge in [0, 0.05) is 12.8 Å². The van der Waals surface area contributed by atoms with Crippen molar-refractivity contribution in [1.29, 1.82) is 0 Å².